The number of carbonyl (C=O) groups excluding carboxylic acids is 2. The van der Waals surface area contributed by atoms with Gasteiger partial charge in [-0.3, -0.25) is 9.59 Å². The summed E-state index contributed by atoms with van der Waals surface area (Å²) >= 11 is 0. The van der Waals surface area contributed by atoms with Crippen molar-refractivity contribution in [3.8, 4) is 0 Å². The topological polar surface area (TPSA) is 119 Å². The highest BCUT2D eigenvalue weighted by Gasteiger charge is 2.22. The van der Waals surface area contributed by atoms with Gasteiger partial charge in [0.05, 0.1) is 19.1 Å². The minimum atomic E-state index is -1.17. The molecule has 0 saturated heterocycles. The third-order valence-corrected chi connectivity index (χ3v) is 2.19. The summed E-state index contributed by atoms with van der Waals surface area (Å²) in [5.41, 5.74) is 5.34. The number of carboxylic acids is 1. The average molecular weight is 260 g/mol. The minimum absolute atomic E-state index is 0.302. The van der Waals surface area contributed by atoms with Crippen LogP contribution < -0.4 is 11.1 Å². The van der Waals surface area contributed by atoms with Crippen LogP contribution in [-0.2, 0) is 19.1 Å². The summed E-state index contributed by atoms with van der Waals surface area (Å²) in [5.74, 6) is -2.41. The molecular weight excluding hydrogens is 240 g/mol. The van der Waals surface area contributed by atoms with Crippen LogP contribution in [-0.4, -0.2) is 41.6 Å². The number of amides is 1. The van der Waals surface area contributed by atoms with Gasteiger partial charge in [-0.2, -0.15) is 0 Å². The van der Waals surface area contributed by atoms with Crippen LogP contribution in [0, 0.1) is 0 Å². The van der Waals surface area contributed by atoms with E-state index in [-0.39, 0.29) is 0 Å². The molecule has 0 aliphatic rings. The third-order valence-electron chi connectivity index (χ3n) is 2.19. The van der Waals surface area contributed by atoms with E-state index < -0.39 is 36.4 Å². The molecule has 7 nitrogen and oxygen atoms in total. The van der Waals surface area contributed by atoms with Gasteiger partial charge in [0.15, 0.2) is 0 Å². The van der Waals surface area contributed by atoms with Crippen molar-refractivity contribution in [3.05, 3.63) is 0 Å². The molecule has 0 spiro atoms. The molecule has 1 amide bonds. The monoisotopic (exact) mass is 260 g/mol. The summed E-state index contributed by atoms with van der Waals surface area (Å²) in [4.78, 5) is 33.2. The number of carboxylic acid groups (broad SMARTS) is 1. The Balaban J connectivity index is 4.05. The van der Waals surface area contributed by atoms with Crippen molar-refractivity contribution in [1.29, 1.82) is 0 Å². The SMILES string of the molecule is CCCCOC(=O)[C@H](C)NC(=O)[C@H](N)CC(=O)O. The maximum atomic E-state index is 11.4. The molecule has 104 valence electrons. The lowest BCUT2D eigenvalue weighted by Crippen LogP contribution is -2.48. The molecule has 0 radical (unpaired) electrons. The summed E-state index contributed by atoms with van der Waals surface area (Å²) in [6, 6.07) is -2.01. The average Bonchev–Trinajstić information content (AvgIpc) is 2.28. The van der Waals surface area contributed by atoms with Crippen molar-refractivity contribution in [2.45, 2.75) is 45.2 Å². The number of esters is 1. The molecule has 0 heterocycles. The molecule has 0 rings (SSSR count). The molecule has 7 heteroatoms. The first-order valence-electron chi connectivity index (χ1n) is 5.82. The van der Waals surface area contributed by atoms with Crippen molar-refractivity contribution < 1.29 is 24.2 Å². The van der Waals surface area contributed by atoms with Crippen LogP contribution in [0.2, 0.25) is 0 Å². The third kappa shape index (κ3) is 6.85. The summed E-state index contributed by atoms with van der Waals surface area (Å²) in [7, 11) is 0. The molecule has 2 atom stereocenters. The van der Waals surface area contributed by atoms with Crippen LogP contribution in [0.1, 0.15) is 33.1 Å². The molecule has 0 aliphatic carbocycles. The maximum Gasteiger partial charge on any atom is 0.328 e. The number of hydrogen-bond acceptors (Lipinski definition) is 5. The highest BCUT2D eigenvalue weighted by molar-refractivity contribution is 5.89. The molecule has 0 saturated carbocycles. The molecule has 0 unspecified atom stereocenters. The van der Waals surface area contributed by atoms with Gasteiger partial charge in [-0.25, -0.2) is 4.79 Å². The van der Waals surface area contributed by atoms with E-state index in [9.17, 15) is 14.4 Å². The number of aliphatic carboxylic acids is 1. The van der Waals surface area contributed by atoms with Crippen molar-refractivity contribution in [3.63, 3.8) is 0 Å². The second-order valence-corrected chi connectivity index (χ2v) is 3.96. The predicted molar refractivity (Wildman–Crippen MR) is 63.7 cm³/mol. The van der Waals surface area contributed by atoms with Gasteiger partial charge in [-0.05, 0) is 13.3 Å². The second-order valence-electron chi connectivity index (χ2n) is 3.96. The number of ether oxygens (including phenoxy) is 1. The van der Waals surface area contributed by atoms with Gasteiger partial charge < -0.3 is 20.9 Å². The van der Waals surface area contributed by atoms with Crippen LogP contribution >= 0.6 is 0 Å². The standard InChI is InChI=1S/C11H20N2O5/c1-3-4-5-18-11(17)7(2)13-10(16)8(12)6-9(14)15/h7-8H,3-6,12H2,1-2H3,(H,13,16)(H,14,15)/t7-,8+/m0/s1. The van der Waals surface area contributed by atoms with Gasteiger partial charge in [0.2, 0.25) is 5.91 Å². The zero-order valence-corrected chi connectivity index (χ0v) is 10.6. The van der Waals surface area contributed by atoms with E-state index in [4.69, 9.17) is 15.6 Å². The van der Waals surface area contributed by atoms with Crippen molar-refractivity contribution >= 4 is 17.8 Å². The lowest BCUT2D eigenvalue weighted by molar-refractivity contribution is -0.147. The molecule has 0 bridgehead atoms. The molecule has 0 aromatic carbocycles. The molecule has 0 aromatic rings. The molecule has 0 aliphatic heterocycles. The summed E-state index contributed by atoms with van der Waals surface area (Å²) in [6.07, 6.45) is 1.17. The quantitative estimate of drug-likeness (QED) is 0.405. The first kappa shape index (κ1) is 16.4. The Morgan fingerprint density at radius 1 is 1.39 bits per heavy atom. The van der Waals surface area contributed by atoms with Crippen LogP contribution in [0.25, 0.3) is 0 Å². The molecular formula is C11H20N2O5. The van der Waals surface area contributed by atoms with Gasteiger partial charge in [-0.1, -0.05) is 13.3 Å². The molecule has 0 aromatic heterocycles. The number of carbonyl (C=O) groups is 3. The van der Waals surface area contributed by atoms with Gasteiger partial charge in [0, 0.05) is 0 Å². The van der Waals surface area contributed by atoms with Gasteiger partial charge in [0.25, 0.3) is 0 Å². The Bertz CT molecular complexity index is 306. The van der Waals surface area contributed by atoms with Crippen molar-refractivity contribution in [2.75, 3.05) is 6.61 Å². The zero-order valence-electron chi connectivity index (χ0n) is 10.6. The Morgan fingerprint density at radius 2 is 2.00 bits per heavy atom. The number of unbranched alkanes of at least 4 members (excludes halogenated alkanes) is 1. The minimum Gasteiger partial charge on any atom is -0.481 e. The highest BCUT2D eigenvalue weighted by atomic mass is 16.5. The number of nitrogens with two attached hydrogens (primary N) is 1. The largest absolute Gasteiger partial charge is 0.481 e. The summed E-state index contributed by atoms with van der Waals surface area (Å²) < 4.78 is 4.90. The highest BCUT2D eigenvalue weighted by Crippen LogP contribution is 1.95. The van der Waals surface area contributed by atoms with Crippen LogP contribution in [0.5, 0.6) is 0 Å². The lowest BCUT2D eigenvalue weighted by atomic mass is 10.2. The van der Waals surface area contributed by atoms with Crippen molar-refractivity contribution in [2.24, 2.45) is 5.73 Å². The summed E-state index contributed by atoms with van der Waals surface area (Å²) in [6.45, 7) is 3.72. The Labute approximate surface area is 106 Å². The normalized spacial score (nSPS) is 13.5. The Kier molecular flexibility index (Phi) is 7.69. The van der Waals surface area contributed by atoms with Gasteiger partial charge >= 0.3 is 11.9 Å². The fourth-order valence-electron chi connectivity index (χ4n) is 1.10. The molecule has 4 N–H and O–H groups in total. The number of nitrogens with one attached hydrogen (secondary N) is 1. The van der Waals surface area contributed by atoms with E-state index >= 15 is 0 Å². The van der Waals surface area contributed by atoms with E-state index in [1.165, 1.54) is 6.92 Å². The first-order valence-corrected chi connectivity index (χ1v) is 5.82. The van der Waals surface area contributed by atoms with E-state index in [1.54, 1.807) is 0 Å². The van der Waals surface area contributed by atoms with Crippen LogP contribution in [0.3, 0.4) is 0 Å². The Morgan fingerprint density at radius 3 is 2.50 bits per heavy atom. The molecule has 0 fully saturated rings. The fraction of sp³-hybridized carbons (Fsp3) is 0.727. The Hall–Kier alpha value is -1.63. The van der Waals surface area contributed by atoms with Crippen LogP contribution in [0.4, 0.5) is 0 Å². The van der Waals surface area contributed by atoms with Gasteiger partial charge in [-0.15, -0.1) is 0 Å². The van der Waals surface area contributed by atoms with Crippen molar-refractivity contribution in [1.82, 2.24) is 5.32 Å². The smallest absolute Gasteiger partial charge is 0.328 e. The number of rotatable bonds is 8. The van der Waals surface area contributed by atoms with Crippen LogP contribution in [0.15, 0.2) is 0 Å². The molecule has 18 heavy (non-hydrogen) atoms. The van der Waals surface area contributed by atoms with E-state index in [1.807, 2.05) is 6.92 Å². The lowest BCUT2D eigenvalue weighted by Gasteiger charge is -2.15. The summed E-state index contributed by atoms with van der Waals surface area (Å²) in [5, 5.41) is 10.8. The number of hydrogen-bond donors (Lipinski definition) is 3. The zero-order chi connectivity index (χ0) is 14.1. The maximum absolute atomic E-state index is 11.4. The van der Waals surface area contributed by atoms with E-state index in [0.717, 1.165) is 12.8 Å². The predicted octanol–water partition coefficient (Wildman–Crippen LogP) is -0.364. The van der Waals surface area contributed by atoms with E-state index in [2.05, 4.69) is 5.32 Å². The van der Waals surface area contributed by atoms with Gasteiger partial charge in [0.1, 0.15) is 6.04 Å². The fourth-order valence-corrected chi connectivity index (χ4v) is 1.10. The second kappa shape index (κ2) is 8.46. The van der Waals surface area contributed by atoms with E-state index in [0.29, 0.717) is 6.61 Å². The first-order chi connectivity index (χ1) is 8.38.